The Labute approximate surface area is 109 Å². The van der Waals surface area contributed by atoms with Crippen LogP contribution in [0.3, 0.4) is 0 Å². The second-order valence-corrected chi connectivity index (χ2v) is 4.28. The van der Waals surface area contributed by atoms with Gasteiger partial charge in [0, 0.05) is 12.1 Å². The van der Waals surface area contributed by atoms with Crippen LogP contribution in [0.4, 0.5) is 4.39 Å². The molecule has 4 N–H and O–H groups in total. The zero-order valence-corrected chi connectivity index (χ0v) is 10.7. The van der Waals surface area contributed by atoms with E-state index in [0.717, 1.165) is 6.07 Å². The van der Waals surface area contributed by atoms with Crippen LogP contribution in [-0.2, 0) is 0 Å². The third-order valence-corrected chi connectivity index (χ3v) is 2.53. The summed E-state index contributed by atoms with van der Waals surface area (Å²) in [5.41, 5.74) is 5.18. The summed E-state index contributed by atoms with van der Waals surface area (Å²) in [5, 5.41) is 20.4. The lowest BCUT2D eigenvalue weighted by Gasteiger charge is -2.26. The lowest BCUT2D eigenvalue weighted by atomic mass is 10.1. The Morgan fingerprint density at radius 3 is 2.63 bits per heavy atom. The number of carbonyl (C=O) groups is 1. The normalized spacial score (nSPS) is 11.7. The molecule has 19 heavy (non-hydrogen) atoms. The number of benzene rings is 1. The summed E-state index contributed by atoms with van der Waals surface area (Å²) in [7, 11) is 0. The van der Waals surface area contributed by atoms with Crippen molar-refractivity contribution in [2.24, 2.45) is 10.9 Å². The van der Waals surface area contributed by atoms with Crippen molar-refractivity contribution in [3.8, 4) is 5.75 Å². The second-order valence-electron chi connectivity index (χ2n) is 4.28. The number of amidine groups is 1. The number of hydrogen-bond acceptors (Lipinski definition) is 4. The number of amides is 1. The summed E-state index contributed by atoms with van der Waals surface area (Å²) in [6, 6.07) is 3.00. The SMILES string of the molecule is CC(C)N(C/C(N)=N/O)C(=O)c1ccc(O)cc1F. The van der Waals surface area contributed by atoms with Gasteiger partial charge in [0.15, 0.2) is 5.84 Å². The number of halogens is 1. The molecule has 0 fully saturated rings. The van der Waals surface area contributed by atoms with Crippen LogP contribution in [0, 0.1) is 5.82 Å². The highest BCUT2D eigenvalue weighted by atomic mass is 19.1. The maximum atomic E-state index is 13.6. The average molecular weight is 269 g/mol. The molecule has 0 aromatic heterocycles. The van der Waals surface area contributed by atoms with Crippen molar-refractivity contribution in [3.63, 3.8) is 0 Å². The largest absolute Gasteiger partial charge is 0.508 e. The molecule has 1 rings (SSSR count). The van der Waals surface area contributed by atoms with Crippen LogP contribution in [0.15, 0.2) is 23.4 Å². The summed E-state index contributed by atoms with van der Waals surface area (Å²) >= 11 is 0. The van der Waals surface area contributed by atoms with Gasteiger partial charge < -0.3 is 20.9 Å². The van der Waals surface area contributed by atoms with Gasteiger partial charge in [0.2, 0.25) is 0 Å². The highest BCUT2D eigenvalue weighted by Crippen LogP contribution is 2.17. The van der Waals surface area contributed by atoms with E-state index in [0.29, 0.717) is 0 Å². The first-order valence-electron chi connectivity index (χ1n) is 5.62. The lowest BCUT2D eigenvalue weighted by molar-refractivity contribution is 0.0729. The number of hydrogen-bond donors (Lipinski definition) is 3. The van der Waals surface area contributed by atoms with Crippen LogP contribution in [-0.4, -0.2) is 39.5 Å². The molecule has 1 aromatic carbocycles. The van der Waals surface area contributed by atoms with Crippen LogP contribution in [0.2, 0.25) is 0 Å². The fourth-order valence-corrected chi connectivity index (χ4v) is 1.53. The van der Waals surface area contributed by atoms with E-state index in [1.54, 1.807) is 13.8 Å². The number of nitrogens with two attached hydrogens (primary N) is 1. The van der Waals surface area contributed by atoms with Crippen LogP contribution < -0.4 is 5.73 Å². The highest BCUT2D eigenvalue weighted by Gasteiger charge is 2.22. The number of aromatic hydroxyl groups is 1. The summed E-state index contributed by atoms with van der Waals surface area (Å²) in [6.45, 7) is 3.33. The van der Waals surface area contributed by atoms with Crippen molar-refractivity contribution in [2.45, 2.75) is 19.9 Å². The zero-order valence-electron chi connectivity index (χ0n) is 10.7. The van der Waals surface area contributed by atoms with Crippen LogP contribution in [0.25, 0.3) is 0 Å². The van der Waals surface area contributed by atoms with Gasteiger partial charge in [-0.1, -0.05) is 5.16 Å². The molecule has 0 aliphatic heterocycles. The maximum Gasteiger partial charge on any atom is 0.257 e. The zero-order chi connectivity index (χ0) is 14.6. The molecule has 0 saturated carbocycles. The van der Waals surface area contributed by atoms with Gasteiger partial charge in [-0.2, -0.15) is 0 Å². The topological polar surface area (TPSA) is 99.1 Å². The van der Waals surface area contributed by atoms with Gasteiger partial charge in [0.05, 0.1) is 12.1 Å². The lowest BCUT2D eigenvalue weighted by Crippen LogP contribution is -2.43. The molecule has 0 spiro atoms. The summed E-state index contributed by atoms with van der Waals surface area (Å²) in [6.07, 6.45) is 0. The van der Waals surface area contributed by atoms with Crippen molar-refractivity contribution in [1.82, 2.24) is 4.90 Å². The van der Waals surface area contributed by atoms with E-state index in [4.69, 9.17) is 16.0 Å². The fourth-order valence-electron chi connectivity index (χ4n) is 1.53. The van der Waals surface area contributed by atoms with Crippen LogP contribution in [0.5, 0.6) is 5.75 Å². The molecule has 0 radical (unpaired) electrons. The summed E-state index contributed by atoms with van der Waals surface area (Å²) in [5.74, 6) is -1.84. The van der Waals surface area contributed by atoms with Gasteiger partial charge in [0.25, 0.3) is 5.91 Å². The molecule has 6 nitrogen and oxygen atoms in total. The van der Waals surface area contributed by atoms with Gasteiger partial charge in [-0.15, -0.1) is 0 Å². The Bertz CT molecular complexity index is 503. The Morgan fingerprint density at radius 1 is 1.53 bits per heavy atom. The first kappa shape index (κ1) is 14.7. The average Bonchev–Trinajstić information content (AvgIpc) is 2.34. The maximum absolute atomic E-state index is 13.6. The first-order valence-corrected chi connectivity index (χ1v) is 5.62. The predicted octanol–water partition coefficient (Wildman–Crippen LogP) is 1.13. The number of rotatable bonds is 4. The standard InChI is InChI=1S/C12H16FN3O3/c1-7(2)16(6-11(14)15-19)12(18)9-4-3-8(17)5-10(9)13/h3-5,7,17,19H,6H2,1-2H3,(H2,14,15). The quantitative estimate of drug-likeness (QED) is 0.330. The molecule has 0 atom stereocenters. The van der Waals surface area contributed by atoms with Gasteiger partial charge >= 0.3 is 0 Å². The molecule has 0 unspecified atom stereocenters. The van der Waals surface area contributed by atoms with Crippen molar-refractivity contribution in [3.05, 3.63) is 29.6 Å². The van der Waals surface area contributed by atoms with E-state index in [9.17, 15) is 9.18 Å². The Morgan fingerprint density at radius 2 is 2.16 bits per heavy atom. The third-order valence-electron chi connectivity index (χ3n) is 2.53. The van der Waals surface area contributed by atoms with Crippen molar-refractivity contribution in [2.75, 3.05) is 6.54 Å². The first-order chi connectivity index (χ1) is 8.86. The molecular formula is C12H16FN3O3. The van der Waals surface area contributed by atoms with E-state index in [1.807, 2.05) is 0 Å². The molecule has 0 heterocycles. The minimum Gasteiger partial charge on any atom is -0.508 e. The Balaban J connectivity index is 3.06. The van der Waals surface area contributed by atoms with Gasteiger partial charge in [0.1, 0.15) is 11.6 Å². The molecule has 1 amide bonds. The van der Waals surface area contributed by atoms with E-state index in [-0.39, 0.29) is 29.7 Å². The third kappa shape index (κ3) is 3.57. The molecule has 104 valence electrons. The summed E-state index contributed by atoms with van der Waals surface area (Å²) < 4.78 is 13.6. The van der Waals surface area contributed by atoms with Gasteiger partial charge in [-0.3, -0.25) is 4.79 Å². The van der Waals surface area contributed by atoms with Crippen LogP contribution >= 0.6 is 0 Å². The molecule has 0 aliphatic carbocycles. The van der Waals surface area contributed by atoms with Crippen molar-refractivity contribution < 1.29 is 19.5 Å². The van der Waals surface area contributed by atoms with Crippen molar-refractivity contribution in [1.29, 1.82) is 0 Å². The number of nitrogens with zero attached hydrogens (tertiary/aromatic N) is 2. The van der Waals surface area contributed by atoms with E-state index < -0.39 is 11.7 Å². The molecular weight excluding hydrogens is 253 g/mol. The number of carbonyl (C=O) groups excluding carboxylic acids is 1. The highest BCUT2D eigenvalue weighted by molar-refractivity contribution is 5.97. The Kier molecular flexibility index (Phi) is 4.68. The molecule has 1 aromatic rings. The van der Waals surface area contributed by atoms with Crippen LogP contribution in [0.1, 0.15) is 24.2 Å². The predicted molar refractivity (Wildman–Crippen MR) is 67.6 cm³/mol. The smallest absolute Gasteiger partial charge is 0.257 e. The number of phenols is 1. The van der Waals surface area contributed by atoms with Gasteiger partial charge in [-0.25, -0.2) is 4.39 Å². The van der Waals surface area contributed by atoms with Crippen molar-refractivity contribution >= 4 is 11.7 Å². The second kappa shape index (κ2) is 6.03. The number of oxime groups is 1. The molecule has 0 bridgehead atoms. The van der Waals surface area contributed by atoms with Gasteiger partial charge in [-0.05, 0) is 26.0 Å². The van der Waals surface area contributed by atoms with E-state index >= 15 is 0 Å². The molecule has 7 heteroatoms. The monoisotopic (exact) mass is 269 g/mol. The minimum absolute atomic E-state index is 0.118. The fraction of sp³-hybridized carbons (Fsp3) is 0.333. The van der Waals surface area contributed by atoms with E-state index in [2.05, 4.69) is 5.16 Å². The Hall–Kier alpha value is -2.31. The molecule has 0 aliphatic rings. The molecule has 0 saturated heterocycles. The summed E-state index contributed by atoms with van der Waals surface area (Å²) in [4.78, 5) is 13.4. The minimum atomic E-state index is -0.824. The number of phenolic OH excluding ortho intramolecular Hbond substituents is 1. The van der Waals surface area contributed by atoms with E-state index in [1.165, 1.54) is 17.0 Å².